The summed E-state index contributed by atoms with van der Waals surface area (Å²) in [6, 6.07) is 0. The Bertz CT molecular complexity index is 424. The van der Waals surface area contributed by atoms with Gasteiger partial charge in [-0.2, -0.15) is 0 Å². The maximum absolute atomic E-state index is 11.5. The third-order valence-electron chi connectivity index (χ3n) is 3.36. The molecule has 1 saturated carbocycles. The van der Waals surface area contributed by atoms with Crippen LogP contribution in [0.15, 0.2) is 12.2 Å². The van der Waals surface area contributed by atoms with E-state index in [1.54, 1.807) is 0 Å². The molecule has 5 nitrogen and oxygen atoms in total. The first-order valence-electron chi connectivity index (χ1n) is 4.72. The molecule has 0 unspecified atom stereocenters. The molecule has 2 aliphatic heterocycles. The van der Waals surface area contributed by atoms with Crippen LogP contribution in [0.5, 0.6) is 0 Å². The van der Waals surface area contributed by atoms with Gasteiger partial charge in [-0.25, -0.2) is 4.79 Å². The van der Waals surface area contributed by atoms with Crippen molar-refractivity contribution in [3.05, 3.63) is 12.2 Å². The highest BCUT2D eigenvalue weighted by Crippen LogP contribution is 2.46. The number of esters is 1. The molecule has 1 N–H and O–H groups in total. The Morgan fingerprint density at radius 1 is 1.33 bits per heavy atom. The predicted octanol–water partition coefficient (Wildman–Crippen LogP) is -1.01. The van der Waals surface area contributed by atoms with Crippen LogP contribution in [-0.4, -0.2) is 34.3 Å². The molecule has 0 aromatic rings. The van der Waals surface area contributed by atoms with Crippen molar-refractivity contribution in [1.29, 1.82) is 0 Å². The van der Waals surface area contributed by atoms with E-state index in [-0.39, 0.29) is 18.0 Å². The van der Waals surface area contributed by atoms with Crippen LogP contribution < -0.4 is 0 Å². The molecular weight excluding hydrogens is 200 g/mol. The number of Topliss-reactive ketones (excluding diaryl/α,β-unsaturated/α-hetero) is 2. The summed E-state index contributed by atoms with van der Waals surface area (Å²) in [5, 5.41) is 10.0. The molecule has 15 heavy (non-hydrogen) atoms. The fraction of sp³-hybridized carbons (Fsp3) is 0.500. The van der Waals surface area contributed by atoms with Crippen molar-refractivity contribution in [2.45, 2.75) is 18.1 Å². The second-order valence-corrected chi connectivity index (χ2v) is 4.17. The smallest absolute Gasteiger partial charge is 0.343 e. The van der Waals surface area contributed by atoms with Gasteiger partial charge in [0.05, 0.1) is 18.3 Å². The number of rotatable bonds is 0. The second-order valence-electron chi connectivity index (χ2n) is 4.17. The minimum Gasteiger partial charge on any atom is -0.455 e. The van der Waals surface area contributed by atoms with Gasteiger partial charge in [-0.3, -0.25) is 9.59 Å². The fourth-order valence-corrected chi connectivity index (χ4v) is 2.67. The van der Waals surface area contributed by atoms with Gasteiger partial charge in [-0.15, -0.1) is 0 Å². The van der Waals surface area contributed by atoms with Gasteiger partial charge < -0.3 is 9.84 Å². The molecule has 4 aliphatic rings. The van der Waals surface area contributed by atoms with Crippen LogP contribution in [0.2, 0.25) is 0 Å². The van der Waals surface area contributed by atoms with Gasteiger partial charge >= 0.3 is 5.97 Å². The predicted molar refractivity (Wildman–Crippen MR) is 45.6 cm³/mol. The standard InChI is InChI=1S/C10H8O5/c11-4-3-5(12)8-7(4)6-1-2-10(8,14)9(13)15-6/h1-2,6-8,14H,3H2/t6-,7-,8-,10-/m1/s1. The second kappa shape index (κ2) is 2.36. The average molecular weight is 208 g/mol. The number of aliphatic hydroxyl groups is 1. The zero-order valence-electron chi connectivity index (χ0n) is 7.67. The summed E-state index contributed by atoms with van der Waals surface area (Å²) in [6.07, 6.45) is 1.89. The third kappa shape index (κ3) is 0.842. The highest BCUT2D eigenvalue weighted by molar-refractivity contribution is 6.13. The Morgan fingerprint density at radius 3 is 2.73 bits per heavy atom. The molecule has 0 amide bonds. The number of fused-ring (bicyclic) bond motifs is 1. The molecule has 5 heteroatoms. The summed E-state index contributed by atoms with van der Waals surface area (Å²) < 4.78 is 4.87. The van der Waals surface area contributed by atoms with Crippen molar-refractivity contribution in [2.24, 2.45) is 11.8 Å². The van der Waals surface area contributed by atoms with Crippen LogP contribution in [0.4, 0.5) is 0 Å². The van der Waals surface area contributed by atoms with Crippen molar-refractivity contribution >= 4 is 17.5 Å². The molecule has 2 heterocycles. The monoisotopic (exact) mass is 208 g/mol. The van der Waals surface area contributed by atoms with Gasteiger partial charge in [-0.05, 0) is 12.2 Å². The molecule has 4 rings (SSSR count). The Kier molecular flexibility index (Phi) is 1.38. The number of carbonyl (C=O) groups is 3. The van der Waals surface area contributed by atoms with E-state index in [1.165, 1.54) is 12.2 Å². The molecular formula is C10H8O5. The topological polar surface area (TPSA) is 80.7 Å². The van der Waals surface area contributed by atoms with E-state index < -0.39 is 29.5 Å². The Morgan fingerprint density at radius 2 is 2.07 bits per heavy atom. The summed E-state index contributed by atoms with van der Waals surface area (Å²) in [7, 11) is 0. The van der Waals surface area contributed by atoms with Crippen molar-refractivity contribution in [3.8, 4) is 0 Å². The molecule has 2 fully saturated rings. The molecule has 2 bridgehead atoms. The van der Waals surface area contributed by atoms with Gasteiger partial charge in [0.2, 0.25) is 0 Å². The van der Waals surface area contributed by atoms with Gasteiger partial charge in [0.1, 0.15) is 17.7 Å². The van der Waals surface area contributed by atoms with E-state index in [1.807, 2.05) is 0 Å². The number of carbonyl (C=O) groups excluding carboxylic acids is 3. The van der Waals surface area contributed by atoms with Crippen molar-refractivity contribution in [2.75, 3.05) is 0 Å². The van der Waals surface area contributed by atoms with Crippen molar-refractivity contribution in [3.63, 3.8) is 0 Å². The van der Waals surface area contributed by atoms with E-state index >= 15 is 0 Å². The van der Waals surface area contributed by atoms with Crippen LogP contribution in [0.3, 0.4) is 0 Å². The van der Waals surface area contributed by atoms with E-state index in [2.05, 4.69) is 0 Å². The number of hydrogen-bond donors (Lipinski definition) is 1. The van der Waals surface area contributed by atoms with Crippen LogP contribution in [0, 0.1) is 11.8 Å². The first-order valence-corrected chi connectivity index (χ1v) is 4.72. The maximum Gasteiger partial charge on any atom is 0.343 e. The lowest BCUT2D eigenvalue weighted by Gasteiger charge is -2.43. The van der Waals surface area contributed by atoms with Crippen molar-refractivity contribution in [1.82, 2.24) is 0 Å². The summed E-state index contributed by atoms with van der Waals surface area (Å²) in [5.41, 5.74) is -1.91. The van der Waals surface area contributed by atoms with Gasteiger partial charge in [0.15, 0.2) is 5.60 Å². The van der Waals surface area contributed by atoms with Gasteiger partial charge in [0, 0.05) is 0 Å². The third-order valence-corrected chi connectivity index (χ3v) is 3.36. The lowest BCUT2D eigenvalue weighted by Crippen LogP contribution is -2.60. The number of ether oxygens (including phenoxy) is 1. The van der Waals surface area contributed by atoms with Crippen LogP contribution in [-0.2, 0) is 19.1 Å². The SMILES string of the molecule is O=C1CC(=O)[C@@H]2[C@H]1[C@H]1C=C[C@]2(O)C(=O)O1. The molecule has 2 aliphatic carbocycles. The van der Waals surface area contributed by atoms with E-state index in [4.69, 9.17) is 4.74 Å². The molecule has 0 radical (unpaired) electrons. The first kappa shape index (κ1) is 8.79. The van der Waals surface area contributed by atoms with Crippen LogP contribution in [0.1, 0.15) is 6.42 Å². The van der Waals surface area contributed by atoms with Crippen LogP contribution in [0.25, 0.3) is 0 Å². The van der Waals surface area contributed by atoms with E-state index in [0.717, 1.165) is 0 Å². The quantitative estimate of drug-likeness (QED) is 0.313. The molecule has 0 spiro atoms. The highest BCUT2D eigenvalue weighted by Gasteiger charge is 2.64. The summed E-state index contributed by atoms with van der Waals surface area (Å²) in [4.78, 5) is 34.4. The molecule has 1 saturated heterocycles. The van der Waals surface area contributed by atoms with E-state index in [0.29, 0.717) is 0 Å². The normalized spacial score (nSPS) is 47.0. The number of hydrogen-bond acceptors (Lipinski definition) is 5. The largest absolute Gasteiger partial charge is 0.455 e. The maximum atomic E-state index is 11.5. The Labute approximate surface area is 84.7 Å². The minimum absolute atomic E-state index is 0.202. The first-order chi connectivity index (χ1) is 7.04. The summed E-state index contributed by atoms with van der Waals surface area (Å²) in [5.74, 6) is -3.03. The molecule has 0 aromatic carbocycles. The van der Waals surface area contributed by atoms with E-state index in [9.17, 15) is 19.5 Å². The summed E-state index contributed by atoms with van der Waals surface area (Å²) >= 11 is 0. The minimum atomic E-state index is -1.91. The summed E-state index contributed by atoms with van der Waals surface area (Å²) in [6.45, 7) is 0. The van der Waals surface area contributed by atoms with Crippen molar-refractivity contribution < 1.29 is 24.2 Å². The van der Waals surface area contributed by atoms with Crippen LogP contribution >= 0.6 is 0 Å². The fourth-order valence-electron chi connectivity index (χ4n) is 2.67. The highest BCUT2D eigenvalue weighted by atomic mass is 16.6. The molecule has 0 aromatic heterocycles. The zero-order valence-corrected chi connectivity index (χ0v) is 7.67. The average Bonchev–Trinajstić information content (AvgIpc) is 2.47. The Hall–Kier alpha value is -1.49. The zero-order chi connectivity index (χ0) is 10.8. The lowest BCUT2D eigenvalue weighted by molar-refractivity contribution is -0.192. The number of ketones is 2. The molecule has 78 valence electrons. The molecule has 4 atom stereocenters. The lowest BCUT2D eigenvalue weighted by atomic mass is 9.70. The van der Waals surface area contributed by atoms with Gasteiger partial charge in [-0.1, -0.05) is 0 Å². The Balaban J connectivity index is 2.18. The van der Waals surface area contributed by atoms with Gasteiger partial charge in [0.25, 0.3) is 0 Å².